The molecule has 0 radical (unpaired) electrons. The van der Waals surface area contributed by atoms with Gasteiger partial charge in [0.2, 0.25) is 5.91 Å². The molecule has 1 aliphatic heterocycles. The zero-order valence-corrected chi connectivity index (χ0v) is 6.02. The number of nitrogens with one attached hydrogen (secondary N) is 1. The van der Waals surface area contributed by atoms with Crippen LogP contribution in [-0.4, -0.2) is 17.7 Å². The number of Topliss-reactive ketones (excluding diaryl/α,β-unsaturated/α-hetero) is 1. The van der Waals surface area contributed by atoms with Crippen molar-refractivity contribution < 1.29 is 9.59 Å². The highest BCUT2D eigenvalue weighted by Crippen LogP contribution is 2.06. The van der Waals surface area contributed by atoms with Gasteiger partial charge in [-0.05, 0) is 6.42 Å². The highest BCUT2D eigenvalue weighted by molar-refractivity contribution is 5.95. The number of hydrogen-bond acceptors (Lipinski definition) is 2. The summed E-state index contributed by atoms with van der Waals surface area (Å²) in [6.45, 7) is 1.90. The fourth-order valence-corrected chi connectivity index (χ4v) is 1.09. The molecule has 1 heterocycles. The minimum atomic E-state index is -0.207. The Morgan fingerprint density at radius 3 is 2.70 bits per heavy atom. The second-order valence-electron chi connectivity index (χ2n) is 2.49. The van der Waals surface area contributed by atoms with Crippen molar-refractivity contribution in [3.05, 3.63) is 0 Å². The lowest BCUT2D eigenvalue weighted by Crippen LogP contribution is -2.44. The first kappa shape index (κ1) is 7.25. The standard InChI is InChI=1S/C7H11NO2/c1-2-5-6(9)3-4-7(10)8-5/h5H,2-4H2,1H3,(H,8,10). The molecule has 0 aliphatic carbocycles. The van der Waals surface area contributed by atoms with Gasteiger partial charge in [0.1, 0.15) is 0 Å². The molecule has 1 atom stereocenters. The number of ketones is 1. The number of carbonyl (C=O) groups is 2. The second-order valence-corrected chi connectivity index (χ2v) is 2.49. The van der Waals surface area contributed by atoms with Gasteiger partial charge in [-0.1, -0.05) is 6.92 Å². The molecule has 0 aromatic heterocycles. The third-order valence-corrected chi connectivity index (χ3v) is 1.73. The van der Waals surface area contributed by atoms with Crippen molar-refractivity contribution in [3.8, 4) is 0 Å². The van der Waals surface area contributed by atoms with Gasteiger partial charge >= 0.3 is 0 Å². The van der Waals surface area contributed by atoms with E-state index in [1.54, 1.807) is 0 Å². The summed E-state index contributed by atoms with van der Waals surface area (Å²) in [6.07, 6.45) is 1.50. The molecular weight excluding hydrogens is 130 g/mol. The van der Waals surface area contributed by atoms with Crippen LogP contribution < -0.4 is 5.32 Å². The number of rotatable bonds is 1. The Morgan fingerprint density at radius 2 is 2.20 bits per heavy atom. The van der Waals surface area contributed by atoms with E-state index >= 15 is 0 Å². The van der Waals surface area contributed by atoms with Crippen molar-refractivity contribution in [1.29, 1.82) is 0 Å². The first-order valence-electron chi connectivity index (χ1n) is 3.56. The monoisotopic (exact) mass is 141 g/mol. The van der Waals surface area contributed by atoms with E-state index in [0.717, 1.165) is 0 Å². The van der Waals surface area contributed by atoms with E-state index in [9.17, 15) is 9.59 Å². The normalized spacial score (nSPS) is 26.3. The summed E-state index contributed by atoms with van der Waals surface area (Å²) in [5.74, 6) is 0.175. The van der Waals surface area contributed by atoms with Crippen LogP contribution in [0.1, 0.15) is 26.2 Å². The fraction of sp³-hybridized carbons (Fsp3) is 0.714. The molecule has 10 heavy (non-hydrogen) atoms. The Bertz CT molecular complexity index is 165. The predicted octanol–water partition coefficient (Wildman–Crippen LogP) is 0.244. The molecular formula is C7H11NO2. The van der Waals surface area contributed by atoms with E-state index in [2.05, 4.69) is 5.32 Å². The van der Waals surface area contributed by atoms with Crippen molar-refractivity contribution in [2.45, 2.75) is 32.2 Å². The minimum Gasteiger partial charge on any atom is -0.346 e. The third-order valence-electron chi connectivity index (χ3n) is 1.73. The average Bonchev–Trinajstić information content (AvgIpc) is 1.94. The summed E-state index contributed by atoms with van der Waals surface area (Å²) in [5, 5.41) is 2.63. The summed E-state index contributed by atoms with van der Waals surface area (Å²) in [7, 11) is 0. The van der Waals surface area contributed by atoms with Gasteiger partial charge in [-0.3, -0.25) is 9.59 Å². The molecule has 1 N–H and O–H groups in total. The molecule has 0 aromatic rings. The highest BCUT2D eigenvalue weighted by atomic mass is 16.2. The maximum Gasteiger partial charge on any atom is 0.221 e. The van der Waals surface area contributed by atoms with Crippen LogP contribution in [0, 0.1) is 0 Å². The van der Waals surface area contributed by atoms with Gasteiger partial charge in [-0.25, -0.2) is 0 Å². The van der Waals surface area contributed by atoms with E-state index in [1.807, 2.05) is 6.92 Å². The van der Waals surface area contributed by atoms with E-state index in [4.69, 9.17) is 0 Å². The Kier molecular flexibility index (Phi) is 2.04. The van der Waals surface area contributed by atoms with Gasteiger partial charge in [-0.2, -0.15) is 0 Å². The average molecular weight is 141 g/mol. The molecule has 1 aliphatic rings. The molecule has 3 nitrogen and oxygen atoms in total. The van der Waals surface area contributed by atoms with Crippen LogP contribution in [0.2, 0.25) is 0 Å². The van der Waals surface area contributed by atoms with Crippen LogP contribution in [0.25, 0.3) is 0 Å². The first-order valence-corrected chi connectivity index (χ1v) is 3.56. The maximum absolute atomic E-state index is 11.0. The highest BCUT2D eigenvalue weighted by Gasteiger charge is 2.23. The van der Waals surface area contributed by atoms with E-state index in [-0.39, 0.29) is 17.7 Å². The van der Waals surface area contributed by atoms with Crippen molar-refractivity contribution in [3.63, 3.8) is 0 Å². The van der Waals surface area contributed by atoms with Gasteiger partial charge in [0.05, 0.1) is 6.04 Å². The Morgan fingerprint density at radius 1 is 1.50 bits per heavy atom. The van der Waals surface area contributed by atoms with Crippen molar-refractivity contribution in [1.82, 2.24) is 5.32 Å². The molecule has 0 saturated carbocycles. The molecule has 0 bridgehead atoms. The smallest absolute Gasteiger partial charge is 0.221 e. The third kappa shape index (κ3) is 1.35. The van der Waals surface area contributed by atoms with Crippen LogP contribution in [0.4, 0.5) is 0 Å². The van der Waals surface area contributed by atoms with Gasteiger partial charge in [-0.15, -0.1) is 0 Å². The lowest BCUT2D eigenvalue weighted by atomic mass is 10.0. The molecule has 1 amide bonds. The lowest BCUT2D eigenvalue weighted by molar-refractivity contribution is -0.132. The largest absolute Gasteiger partial charge is 0.346 e. The molecule has 1 rings (SSSR count). The van der Waals surface area contributed by atoms with E-state index < -0.39 is 0 Å². The van der Waals surface area contributed by atoms with Crippen molar-refractivity contribution >= 4 is 11.7 Å². The Hall–Kier alpha value is -0.860. The number of piperidine rings is 1. The fourth-order valence-electron chi connectivity index (χ4n) is 1.09. The number of hydrogen-bond donors (Lipinski definition) is 1. The van der Waals surface area contributed by atoms with Crippen LogP contribution in [0.3, 0.4) is 0 Å². The van der Waals surface area contributed by atoms with Crippen LogP contribution in [0.5, 0.6) is 0 Å². The van der Waals surface area contributed by atoms with Gasteiger partial charge in [0.15, 0.2) is 5.78 Å². The summed E-state index contributed by atoms with van der Waals surface area (Å²) in [4.78, 5) is 21.7. The number of carbonyl (C=O) groups excluding carboxylic acids is 2. The molecule has 3 heteroatoms. The Labute approximate surface area is 59.8 Å². The number of amides is 1. The first-order chi connectivity index (χ1) is 4.74. The summed E-state index contributed by atoms with van der Waals surface area (Å²) in [5.41, 5.74) is 0. The van der Waals surface area contributed by atoms with Crippen LogP contribution in [0.15, 0.2) is 0 Å². The second kappa shape index (κ2) is 2.82. The SMILES string of the molecule is CCC1NC(=O)CCC1=O. The summed E-state index contributed by atoms with van der Waals surface area (Å²) in [6, 6.07) is -0.207. The van der Waals surface area contributed by atoms with Crippen molar-refractivity contribution in [2.24, 2.45) is 0 Å². The topological polar surface area (TPSA) is 46.2 Å². The minimum absolute atomic E-state index is 0.00597. The summed E-state index contributed by atoms with van der Waals surface area (Å²) < 4.78 is 0. The molecule has 0 aromatic carbocycles. The molecule has 1 saturated heterocycles. The van der Waals surface area contributed by atoms with Crippen LogP contribution in [-0.2, 0) is 9.59 Å². The zero-order chi connectivity index (χ0) is 7.56. The predicted molar refractivity (Wildman–Crippen MR) is 36.5 cm³/mol. The van der Waals surface area contributed by atoms with Gasteiger partial charge < -0.3 is 5.32 Å². The Balaban J connectivity index is 2.53. The lowest BCUT2D eigenvalue weighted by Gasteiger charge is -2.19. The molecule has 56 valence electrons. The quantitative estimate of drug-likeness (QED) is 0.568. The van der Waals surface area contributed by atoms with E-state index in [0.29, 0.717) is 19.3 Å². The van der Waals surface area contributed by atoms with Crippen LogP contribution >= 0.6 is 0 Å². The van der Waals surface area contributed by atoms with Gasteiger partial charge in [0.25, 0.3) is 0 Å². The van der Waals surface area contributed by atoms with Gasteiger partial charge in [0, 0.05) is 12.8 Å². The van der Waals surface area contributed by atoms with Crippen molar-refractivity contribution in [2.75, 3.05) is 0 Å². The summed E-state index contributed by atoms with van der Waals surface area (Å²) >= 11 is 0. The molecule has 0 spiro atoms. The zero-order valence-electron chi connectivity index (χ0n) is 6.02. The maximum atomic E-state index is 11.0. The molecule has 1 unspecified atom stereocenters. The van der Waals surface area contributed by atoms with E-state index in [1.165, 1.54) is 0 Å². The molecule has 1 fully saturated rings.